The molecule has 23 heavy (non-hydrogen) atoms. The minimum Gasteiger partial charge on any atom is -0.488 e. The molecule has 1 aromatic rings. The molecule has 0 spiro atoms. The number of ether oxygens (including phenoxy) is 1. The van der Waals surface area contributed by atoms with Crippen LogP contribution in [0.2, 0.25) is 0 Å². The lowest BCUT2D eigenvalue weighted by Crippen LogP contribution is -2.46. The maximum Gasteiger partial charge on any atom is 0.224 e. The lowest BCUT2D eigenvalue weighted by Gasteiger charge is -2.30. The van der Waals surface area contributed by atoms with Gasteiger partial charge in [0.15, 0.2) is 0 Å². The number of amides is 1. The number of hydrogen-bond donors (Lipinski definition) is 1. The summed E-state index contributed by atoms with van der Waals surface area (Å²) < 4.78 is 30.4. The number of benzene rings is 1. The van der Waals surface area contributed by atoms with Crippen molar-refractivity contribution in [2.24, 2.45) is 5.92 Å². The fourth-order valence-electron chi connectivity index (χ4n) is 3.18. The molecule has 1 saturated heterocycles. The molecule has 0 unspecified atom stereocenters. The van der Waals surface area contributed by atoms with E-state index in [1.807, 2.05) is 24.3 Å². The molecule has 2 aliphatic heterocycles. The number of hydrogen-bond acceptors (Lipinski definition) is 4. The number of fused-ring (bicyclic) bond motifs is 1. The number of nitrogens with one attached hydrogen (secondary N) is 1. The van der Waals surface area contributed by atoms with Crippen LogP contribution in [0.25, 0.3) is 0 Å². The Bertz CT molecular complexity index is 664. The first-order chi connectivity index (χ1) is 10.9. The normalized spacial score (nSPS) is 24.7. The van der Waals surface area contributed by atoms with E-state index in [-0.39, 0.29) is 24.5 Å². The highest BCUT2D eigenvalue weighted by Gasteiger charge is 2.31. The Morgan fingerprint density at radius 3 is 2.91 bits per heavy atom. The number of nitrogens with zero attached hydrogens (tertiary/aromatic N) is 1. The van der Waals surface area contributed by atoms with Gasteiger partial charge in [0, 0.05) is 19.5 Å². The second-order valence-corrected chi connectivity index (χ2v) is 8.24. The summed E-state index contributed by atoms with van der Waals surface area (Å²) in [4.78, 5) is 12.3. The van der Waals surface area contributed by atoms with Crippen molar-refractivity contribution >= 4 is 15.9 Å². The second-order valence-electron chi connectivity index (χ2n) is 6.26. The van der Waals surface area contributed by atoms with E-state index < -0.39 is 10.0 Å². The van der Waals surface area contributed by atoms with E-state index >= 15 is 0 Å². The van der Waals surface area contributed by atoms with Gasteiger partial charge in [0.05, 0.1) is 18.7 Å². The standard InChI is InChI=1S/C16H22N2O4S/c1-23(20,21)18-8-4-6-13(11-18)16(19)17-10-14-9-12-5-2-3-7-15(12)22-14/h2-3,5,7,13-14H,4,6,8-11H2,1H3,(H,17,19)/t13-,14-/m1/s1. The molecule has 2 atom stereocenters. The van der Waals surface area contributed by atoms with Crippen LogP contribution in [0, 0.1) is 5.92 Å². The quantitative estimate of drug-likeness (QED) is 0.880. The van der Waals surface area contributed by atoms with Gasteiger partial charge in [-0.25, -0.2) is 12.7 Å². The number of carbonyl (C=O) groups excluding carboxylic acids is 1. The average molecular weight is 338 g/mol. The molecule has 0 radical (unpaired) electrons. The van der Waals surface area contributed by atoms with Crippen molar-refractivity contribution in [3.05, 3.63) is 29.8 Å². The highest BCUT2D eigenvalue weighted by atomic mass is 32.2. The van der Waals surface area contributed by atoms with Gasteiger partial charge in [-0.15, -0.1) is 0 Å². The second kappa shape index (κ2) is 6.49. The van der Waals surface area contributed by atoms with E-state index in [4.69, 9.17) is 4.74 Å². The Hall–Kier alpha value is -1.60. The maximum absolute atomic E-state index is 12.3. The van der Waals surface area contributed by atoms with E-state index in [0.29, 0.717) is 13.1 Å². The zero-order valence-corrected chi connectivity index (χ0v) is 14.0. The first-order valence-electron chi connectivity index (χ1n) is 7.91. The van der Waals surface area contributed by atoms with Crippen LogP contribution in [0.4, 0.5) is 0 Å². The van der Waals surface area contributed by atoms with E-state index in [1.165, 1.54) is 10.6 Å². The molecule has 0 bridgehead atoms. The fourth-order valence-corrected chi connectivity index (χ4v) is 4.10. The molecule has 0 aromatic heterocycles. The van der Waals surface area contributed by atoms with Gasteiger partial charge in [0.25, 0.3) is 0 Å². The smallest absolute Gasteiger partial charge is 0.224 e. The lowest BCUT2D eigenvalue weighted by atomic mass is 9.98. The molecular formula is C16H22N2O4S. The summed E-state index contributed by atoms with van der Waals surface area (Å²) in [5.74, 6) is 0.521. The largest absolute Gasteiger partial charge is 0.488 e. The van der Waals surface area contributed by atoms with Gasteiger partial charge in [-0.2, -0.15) is 0 Å². The summed E-state index contributed by atoms with van der Waals surface area (Å²) in [7, 11) is -3.23. The van der Waals surface area contributed by atoms with Crippen LogP contribution in [0.3, 0.4) is 0 Å². The number of carbonyl (C=O) groups is 1. The van der Waals surface area contributed by atoms with Crippen LogP contribution in [-0.2, 0) is 21.2 Å². The fraction of sp³-hybridized carbons (Fsp3) is 0.562. The maximum atomic E-state index is 12.3. The predicted octanol–water partition coefficient (Wildman–Crippen LogP) is 0.778. The van der Waals surface area contributed by atoms with E-state index in [2.05, 4.69) is 5.32 Å². The van der Waals surface area contributed by atoms with Crippen molar-refractivity contribution in [2.75, 3.05) is 25.9 Å². The molecule has 3 rings (SSSR count). The Morgan fingerprint density at radius 2 is 2.17 bits per heavy atom. The Kier molecular flexibility index (Phi) is 4.59. The van der Waals surface area contributed by atoms with E-state index in [1.54, 1.807) is 0 Å². The Balaban J connectivity index is 1.50. The third-order valence-corrected chi connectivity index (χ3v) is 5.71. The molecule has 2 heterocycles. The molecule has 2 aliphatic rings. The van der Waals surface area contributed by atoms with E-state index in [0.717, 1.165) is 30.6 Å². The molecule has 7 heteroatoms. The highest BCUT2D eigenvalue weighted by molar-refractivity contribution is 7.88. The van der Waals surface area contributed by atoms with Crippen molar-refractivity contribution in [2.45, 2.75) is 25.4 Å². The topological polar surface area (TPSA) is 75.7 Å². The molecular weight excluding hydrogens is 316 g/mol. The number of rotatable bonds is 4. The van der Waals surface area contributed by atoms with Gasteiger partial charge in [0.2, 0.25) is 15.9 Å². The SMILES string of the molecule is CS(=O)(=O)N1CCC[C@@H](C(=O)NC[C@H]2Cc3ccccc3O2)C1. The molecule has 0 saturated carbocycles. The van der Waals surface area contributed by atoms with Crippen molar-refractivity contribution in [3.8, 4) is 5.75 Å². The zero-order valence-electron chi connectivity index (χ0n) is 13.2. The number of piperidine rings is 1. The number of para-hydroxylation sites is 1. The van der Waals surface area contributed by atoms with Gasteiger partial charge in [-0.1, -0.05) is 18.2 Å². The van der Waals surface area contributed by atoms with Crippen molar-refractivity contribution < 1.29 is 17.9 Å². The number of sulfonamides is 1. The average Bonchev–Trinajstić information content (AvgIpc) is 2.95. The van der Waals surface area contributed by atoms with Gasteiger partial charge < -0.3 is 10.1 Å². The monoisotopic (exact) mass is 338 g/mol. The molecule has 6 nitrogen and oxygen atoms in total. The third kappa shape index (κ3) is 3.84. The lowest BCUT2D eigenvalue weighted by molar-refractivity contribution is -0.126. The van der Waals surface area contributed by atoms with Crippen molar-refractivity contribution in [1.29, 1.82) is 0 Å². The molecule has 1 amide bonds. The summed E-state index contributed by atoms with van der Waals surface area (Å²) in [6.45, 7) is 1.23. The highest BCUT2D eigenvalue weighted by Crippen LogP contribution is 2.27. The van der Waals surface area contributed by atoms with Crippen molar-refractivity contribution in [1.82, 2.24) is 9.62 Å². The van der Waals surface area contributed by atoms with Crippen molar-refractivity contribution in [3.63, 3.8) is 0 Å². The Labute approximate surface area is 136 Å². The first kappa shape index (κ1) is 16.3. The van der Waals surface area contributed by atoms with Crippen LogP contribution in [0.15, 0.2) is 24.3 Å². The summed E-state index contributed by atoms with van der Waals surface area (Å²) >= 11 is 0. The van der Waals surface area contributed by atoms with Gasteiger partial charge in [-0.3, -0.25) is 4.79 Å². The summed E-state index contributed by atoms with van der Waals surface area (Å²) in [5, 5.41) is 2.92. The van der Waals surface area contributed by atoms with Crippen LogP contribution >= 0.6 is 0 Å². The van der Waals surface area contributed by atoms with Crippen LogP contribution in [-0.4, -0.2) is 50.6 Å². The molecule has 126 valence electrons. The molecule has 0 aliphatic carbocycles. The van der Waals surface area contributed by atoms with E-state index in [9.17, 15) is 13.2 Å². The van der Waals surface area contributed by atoms with Crippen LogP contribution < -0.4 is 10.1 Å². The third-order valence-electron chi connectivity index (χ3n) is 4.44. The minimum absolute atomic E-state index is 0.0500. The van der Waals surface area contributed by atoms with Gasteiger partial charge in [0.1, 0.15) is 11.9 Å². The van der Waals surface area contributed by atoms with Crippen LogP contribution in [0.1, 0.15) is 18.4 Å². The summed E-state index contributed by atoms with van der Waals surface area (Å²) in [5.41, 5.74) is 1.16. The summed E-state index contributed by atoms with van der Waals surface area (Å²) in [6.07, 6.45) is 3.37. The molecule has 1 N–H and O–H groups in total. The van der Waals surface area contributed by atoms with Crippen LogP contribution in [0.5, 0.6) is 5.75 Å². The van der Waals surface area contributed by atoms with Gasteiger partial charge in [-0.05, 0) is 24.5 Å². The molecule has 1 fully saturated rings. The van der Waals surface area contributed by atoms with Gasteiger partial charge >= 0.3 is 0 Å². The summed E-state index contributed by atoms with van der Waals surface area (Å²) in [6, 6.07) is 7.87. The molecule has 1 aromatic carbocycles. The Morgan fingerprint density at radius 1 is 1.39 bits per heavy atom. The zero-order chi connectivity index (χ0) is 16.4. The first-order valence-corrected chi connectivity index (χ1v) is 9.75. The minimum atomic E-state index is -3.23. The predicted molar refractivity (Wildman–Crippen MR) is 86.7 cm³/mol.